The zero-order valence-electron chi connectivity index (χ0n) is 15.7. The Bertz CT molecular complexity index is 616. The normalized spacial score (nSPS) is 19.6. The number of halogens is 1. The second-order valence-electron chi connectivity index (χ2n) is 7.13. The number of carbonyl (C=O) groups is 1. The standard InChI is InChI=1S/C18H26BClO5/c1-7-23-16(21)11-13(12-8-9-14(20)15(10-12)22-6)19-24-17(2,3)18(4,5)25-19/h8-10,13H,7,11H2,1-6H3. The van der Waals surface area contributed by atoms with Gasteiger partial charge in [0.05, 0.1) is 36.4 Å². The van der Waals surface area contributed by atoms with Gasteiger partial charge < -0.3 is 18.8 Å². The predicted molar refractivity (Wildman–Crippen MR) is 98.1 cm³/mol. The van der Waals surface area contributed by atoms with Crippen molar-refractivity contribution in [2.24, 2.45) is 0 Å². The average Bonchev–Trinajstić information content (AvgIpc) is 2.74. The Kier molecular flexibility index (Phi) is 6.07. The zero-order valence-corrected chi connectivity index (χ0v) is 16.5. The van der Waals surface area contributed by atoms with Crippen LogP contribution in [0.2, 0.25) is 5.02 Å². The molecule has 5 nitrogen and oxygen atoms in total. The van der Waals surface area contributed by atoms with Crippen LogP contribution in [0.3, 0.4) is 0 Å². The first-order valence-corrected chi connectivity index (χ1v) is 8.83. The molecular formula is C18H26BClO5. The van der Waals surface area contributed by atoms with Gasteiger partial charge in [-0.2, -0.15) is 0 Å². The highest BCUT2D eigenvalue weighted by Gasteiger charge is 2.54. The number of hydrogen-bond donors (Lipinski definition) is 0. The molecule has 0 bridgehead atoms. The van der Waals surface area contributed by atoms with Crippen LogP contribution in [-0.2, 0) is 18.8 Å². The third kappa shape index (κ3) is 4.30. The minimum Gasteiger partial charge on any atom is -0.495 e. The second-order valence-corrected chi connectivity index (χ2v) is 7.54. The summed E-state index contributed by atoms with van der Waals surface area (Å²) in [7, 11) is 0.987. The fourth-order valence-electron chi connectivity index (χ4n) is 2.73. The van der Waals surface area contributed by atoms with E-state index in [-0.39, 0.29) is 18.2 Å². The number of hydrogen-bond acceptors (Lipinski definition) is 5. The minimum absolute atomic E-state index is 0.148. The van der Waals surface area contributed by atoms with Crippen LogP contribution in [-0.4, -0.2) is 38.0 Å². The second kappa shape index (κ2) is 7.56. The van der Waals surface area contributed by atoms with Crippen molar-refractivity contribution >= 4 is 24.7 Å². The average molecular weight is 369 g/mol. The molecule has 0 aromatic heterocycles. The van der Waals surface area contributed by atoms with Crippen LogP contribution in [0.5, 0.6) is 5.75 Å². The molecule has 1 saturated heterocycles. The van der Waals surface area contributed by atoms with Crippen LogP contribution in [0, 0.1) is 0 Å². The number of esters is 1. The summed E-state index contributed by atoms with van der Waals surface area (Å²) in [6.45, 7) is 10.0. The van der Waals surface area contributed by atoms with E-state index < -0.39 is 18.3 Å². The number of methoxy groups -OCH3 is 1. The summed E-state index contributed by atoms with van der Waals surface area (Å²) in [5.74, 6) is -0.0769. The lowest BCUT2D eigenvalue weighted by atomic mass is 9.66. The van der Waals surface area contributed by atoms with Gasteiger partial charge in [0.25, 0.3) is 0 Å². The van der Waals surface area contributed by atoms with Crippen molar-refractivity contribution in [2.45, 2.75) is 58.1 Å². The van der Waals surface area contributed by atoms with Crippen molar-refractivity contribution in [1.82, 2.24) is 0 Å². The lowest BCUT2D eigenvalue weighted by molar-refractivity contribution is -0.143. The molecular weight excluding hydrogens is 342 g/mol. The van der Waals surface area contributed by atoms with Crippen molar-refractivity contribution in [2.75, 3.05) is 13.7 Å². The Morgan fingerprint density at radius 2 is 1.84 bits per heavy atom. The fourth-order valence-corrected chi connectivity index (χ4v) is 2.93. The molecule has 1 unspecified atom stereocenters. The molecule has 0 spiro atoms. The summed E-state index contributed by atoms with van der Waals surface area (Å²) in [4.78, 5) is 12.1. The highest BCUT2D eigenvalue weighted by atomic mass is 35.5. The largest absolute Gasteiger partial charge is 0.495 e. The van der Waals surface area contributed by atoms with Gasteiger partial charge in [-0.3, -0.25) is 4.79 Å². The molecule has 1 fully saturated rings. The SMILES string of the molecule is CCOC(=O)CC(B1OC(C)(C)C(C)(C)O1)c1ccc(Cl)c(OC)c1. The molecule has 0 aliphatic carbocycles. The van der Waals surface area contributed by atoms with E-state index in [0.29, 0.717) is 17.4 Å². The molecule has 0 saturated carbocycles. The highest BCUT2D eigenvalue weighted by Crippen LogP contribution is 2.42. The molecule has 1 heterocycles. The predicted octanol–water partition coefficient (Wildman–Crippen LogP) is 4.02. The van der Waals surface area contributed by atoms with Gasteiger partial charge in [0.15, 0.2) is 0 Å². The lowest BCUT2D eigenvalue weighted by Gasteiger charge is -2.32. The molecule has 0 radical (unpaired) electrons. The zero-order chi connectivity index (χ0) is 18.8. The third-order valence-electron chi connectivity index (χ3n) is 4.90. The molecule has 1 aliphatic rings. The van der Waals surface area contributed by atoms with Gasteiger partial charge in [0.1, 0.15) is 5.75 Å². The van der Waals surface area contributed by atoms with Crippen molar-refractivity contribution in [3.63, 3.8) is 0 Å². The number of benzene rings is 1. The molecule has 138 valence electrons. The Balaban J connectivity index is 2.36. The lowest BCUT2D eigenvalue weighted by Crippen LogP contribution is -2.41. The summed E-state index contributed by atoms with van der Waals surface area (Å²) in [6.07, 6.45) is 0.148. The Labute approximate surface area is 155 Å². The number of carbonyl (C=O) groups excluding carboxylic acids is 1. The Morgan fingerprint density at radius 3 is 2.36 bits per heavy atom. The van der Waals surface area contributed by atoms with E-state index in [1.807, 2.05) is 39.8 Å². The molecule has 1 aliphatic heterocycles. The minimum atomic E-state index is -0.569. The van der Waals surface area contributed by atoms with Gasteiger partial charge in [-0.25, -0.2) is 0 Å². The maximum Gasteiger partial charge on any atom is 0.466 e. The topological polar surface area (TPSA) is 54.0 Å². The van der Waals surface area contributed by atoms with Crippen molar-refractivity contribution in [1.29, 1.82) is 0 Å². The molecule has 7 heteroatoms. The molecule has 0 N–H and O–H groups in total. The maximum atomic E-state index is 12.1. The molecule has 1 atom stereocenters. The molecule has 0 amide bonds. The Hall–Kier alpha value is -1.24. The fraction of sp³-hybridized carbons (Fsp3) is 0.611. The van der Waals surface area contributed by atoms with Gasteiger partial charge in [-0.05, 0) is 52.3 Å². The molecule has 1 aromatic rings. The summed E-state index contributed by atoms with van der Waals surface area (Å²) >= 11 is 6.13. The molecule has 1 aromatic carbocycles. The van der Waals surface area contributed by atoms with E-state index in [0.717, 1.165) is 5.56 Å². The maximum absolute atomic E-state index is 12.1. The van der Waals surface area contributed by atoms with E-state index in [4.69, 9.17) is 30.4 Å². The van der Waals surface area contributed by atoms with Crippen LogP contribution in [0.15, 0.2) is 18.2 Å². The van der Waals surface area contributed by atoms with Crippen LogP contribution in [0.4, 0.5) is 0 Å². The summed E-state index contributed by atoms with van der Waals surface area (Å²) in [5.41, 5.74) is -0.116. The van der Waals surface area contributed by atoms with Gasteiger partial charge in [-0.15, -0.1) is 0 Å². The molecule has 25 heavy (non-hydrogen) atoms. The number of ether oxygens (including phenoxy) is 2. The first kappa shape index (κ1) is 20.1. The third-order valence-corrected chi connectivity index (χ3v) is 5.21. The van der Waals surface area contributed by atoms with E-state index in [9.17, 15) is 4.79 Å². The summed E-state index contributed by atoms with van der Waals surface area (Å²) in [6, 6.07) is 5.43. The van der Waals surface area contributed by atoms with Crippen LogP contribution < -0.4 is 4.74 Å². The van der Waals surface area contributed by atoms with Crippen LogP contribution >= 0.6 is 11.6 Å². The van der Waals surface area contributed by atoms with E-state index in [2.05, 4.69) is 0 Å². The van der Waals surface area contributed by atoms with Crippen molar-refractivity contribution in [3.8, 4) is 5.75 Å². The highest BCUT2D eigenvalue weighted by molar-refractivity contribution is 6.48. The van der Waals surface area contributed by atoms with Gasteiger partial charge in [0.2, 0.25) is 0 Å². The van der Waals surface area contributed by atoms with Crippen LogP contribution in [0.1, 0.15) is 52.4 Å². The Morgan fingerprint density at radius 1 is 1.24 bits per heavy atom. The summed E-state index contributed by atoms with van der Waals surface area (Å²) < 4.78 is 22.8. The first-order valence-electron chi connectivity index (χ1n) is 8.46. The monoisotopic (exact) mass is 368 g/mol. The van der Waals surface area contributed by atoms with Gasteiger partial charge in [0, 0.05) is 5.82 Å². The van der Waals surface area contributed by atoms with Crippen LogP contribution in [0.25, 0.3) is 0 Å². The quantitative estimate of drug-likeness (QED) is 0.561. The van der Waals surface area contributed by atoms with E-state index >= 15 is 0 Å². The van der Waals surface area contributed by atoms with Crippen molar-refractivity contribution < 1.29 is 23.6 Å². The number of rotatable bonds is 6. The van der Waals surface area contributed by atoms with Gasteiger partial charge in [-0.1, -0.05) is 17.7 Å². The first-order chi connectivity index (χ1) is 11.6. The van der Waals surface area contributed by atoms with E-state index in [1.165, 1.54) is 0 Å². The smallest absolute Gasteiger partial charge is 0.466 e. The molecule has 2 rings (SSSR count). The van der Waals surface area contributed by atoms with Gasteiger partial charge >= 0.3 is 13.1 Å². The summed E-state index contributed by atoms with van der Waals surface area (Å²) in [5, 5.41) is 0.509. The van der Waals surface area contributed by atoms with Crippen molar-refractivity contribution in [3.05, 3.63) is 28.8 Å². The van der Waals surface area contributed by atoms with E-state index in [1.54, 1.807) is 20.1 Å².